The molecule has 0 aromatic heterocycles. The van der Waals surface area contributed by atoms with Gasteiger partial charge in [-0.15, -0.1) is 0 Å². The van der Waals surface area contributed by atoms with Crippen molar-refractivity contribution in [2.45, 2.75) is 31.8 Å². The van der Waals surface area contributed by atoms with Gasteiger partial charge in [0.2, 0.25) is 0 Å². The largest absolute Gasteiger partial charge is 0.385 e. The molecule has 2 aromatic rings. The summed E-state index contributed by atoms with van der Waals surface area (Å²) in [6.07, 6.45) is 3.05. The van der Waals surface area contributed by atoms with Crippen LogP contribution >= 0.6 is 0 Å². The van der Waals surface area contributed by atoms with Crippen molar-refractivity contribution in [3.8, 4) is 0 Å². The lowest BCUT2D eigenvalue weighted by atomic mass is 9.79. The first-order valence-electron chi connectivity index (χ1n) is 5.91. The molecule has 1 nitrogen and oxygen atoms in total. The fourth-order valence-corrected chi connectivity index (χ4v) is 2.75. The third kappa shape index (κ3) is 1.43. The summed E-state index contributed by atoms with van der Waals surface area (Å²) in [6.45, 7) is 1.93. The zero-order valence-electron chi connectivity index (χ0n) is 9.53. The van der Waals surface area contributed by atoms with Crippen molar-refractivity contribution in [2.24, 2.45) is 0 Å². The second-order valence-electron chi connectivity index (χ2n) is 4.98. The van der Waals surface area contributed by atoms with Crippen molar-refractivity contribution < 1.29 is 5.11 Å². The molecule has 1 aliphatic carbocycles. The van der Waals surface area contributed by atoms with E-state index in [4.69, 9.17) is 0 Å². The molecule has 16 heavy (non-hydrogen) atoms. The molecule has 1 unspecified atom stereocenters. The van der Waals surface area contributed by atoms with Gasteiger partial charge in [-0.2, -0.15) is 0 Å². The van der Waals surface area contributed by atoms with Crippen molar-refractivity contribution in [1.82, 2.24) is 0 Å². The lowest BCUT2D eigenvalue weighted by Gasteiger charge is -2.31. The van der Waals surface area contributed by atoms with Gasteiger partial charge in [-0.25, -0.2) is 0 Å². The number of hydrogen-bond donors (Lipinski definition) is 1. The van der Waals surface area contributed by atoms with Gasteiger partial charge in [0.15, 0.2) is 0 Å². The second kappa shape index (κ2) is 3.33. The SMILES string of the molecule is CC1(O)CCCc2cc3ccccc3cc21. The van der Waals surface area contributed by atoms with Gasteiger partial charge in [0.1, 0.15) is 0 Å². The molecule has 0 aliphatic heterocycles. The third-order valence-electron chi connectivity index (χ3n) is 3.66. The average molecular weight is 212 g/mol. The molecule has 0 amide bonds. The molecule has 1 N–H and O–H groups in total. The summed E-state index contributed by atoms with van der Waals surface area (Å²) < 4.78 is 0. The van der Waals surface area contributed by atoms with Crippen LogP contribution in [-0.4, -0.2) is 5.11 Å². The van der Waals surface area contributed by atoms with Crippen LogP contribution in [0.4, 0.5) is 0 Å². The molecule has 1 heteroatoms. The van der Waals surface area contributed by atoms with Gasteiger partial charge in [0.25, 0.3) is 0 Å². The van der Waals surface area contributed by atoms with Crippen LogP contribution in [0.3, 0.4) is 0 Å². The maximum atomic E-state index is 10.4. The lowest BCUT2D eigenvalue weighted by Crippen LogP contribution is -2.26. The van der Waals surface area contributed by atoms with Gasteiger partial charge >= 0.3 is 0 Å². The zero-order chi connectivity index (χ0) is 11.2. The number of aryl methyl sites for hydroxylation is 1. The van der Waals surface area contributed by atoms with Gasteiger partial charge in [-0.3, -0.25) is 0 Å². The minimum Gasteiger partial charge on any atom is -0.385 e. The van der Waals surface area contributed by atoms with E-state index < -0.39 is 5.60 Å². The summed E-state index contributed by atoms with van der Waals surface area (Å²) in [6, 6.07) is 12.8. The molecule has 0 bridgehead atoms. The highest BCUT2D eigenvalue weighted by Gasteiger charge is 2.29. The van der Waals surface area contributed by atoms with E-state index in [0.717, 1.165) is 24.8 Å². The van der Waals surface area contributed by atoms with Gasteiger partial charge in [-0.1, -0.05) is 30.3 Å². The molecule has 3 rings (SSSR count). The predicted molar refractivity (Wildman–Crippen MR) is 66.5 cm³/mol. The van der Waals surface area contributed by atoms with Gasteiger partial charge < -0.3 is 5.11 Å². The number of aliphatic hydroxyl groups is 1. The first-order valence-corrected chi connectivity index (χ1v) is 5.91. The van der Waals surface area contributed by atoms with E-state index in [-0.39, 0.29) is 0 Å². The summed E-state index contributed by atoms with van der Waals surface area (Å²) in [5, 5.41) is 12.9. The summed E-state index contributed by atoms with van der Waals surface area (Å²) >= 11 is 0. The van der Waals surface area contributed by atoms with Crippen LogP contribution in [-0.2, 0) is 12.0 Å². The Bertz CT molecular complexity index is 540. The van der Waals surface area contributed by atoms with E-state index in [2.05, 4.69) is 30.3 Å². The van der Waals surface area contributed by atoms with E-state index in [9.17, 15) is 5.11 Å². The summed E-state index contributed by atoms with van der Waals surface area (Å²) in [7, 11) is 0. The molecular formula is C15H16O. The Kier molecular flexibility index (Phi) is 2.05. The van der Waals surface area contributed by atoms with Crippen molar-refractivity contribution in [3.05, 3.63) is 47.5 Å². The topological polar surface area (TPSA) is 20.2 Å². The summed E-state index contributed by atoms with van der Waals surface area (Å²) in [5.41, 5.74) is 1.80. The van der Waals surface area contributed by atoms with Crippen LogP contribution < -0.4 is 0 Å². The Morgan fingerprint density at radius 2 is 1.81 bits per heavy atom. The normalized spacial score (nSPS) is 24.4. The Morgan fingerprint density at radius 3 is 2.56 bits per heavy atom. The van der Waals surface area contributed by atoms with Crippen LogP contribution in [0.1, 0.15) is 30.9 Å². The molecule has 1 aliphatic rings. The number of benzene rings is 2. The Morgan fingerprint density at radius 1 is 1.12 bits per heavy atom. The van der Waals surface area contributed by atoms with Crippen molar-refractivity contribution in [1.29, 1.82) is 0 Å². The quantitative estimate of drug-likeness (QED) is 0.709. The minimum atomic E-state index is -0.641. The minimum absolute atomic E-state index is 0.641. The highest BCUT2D eigenvalue weighted by molar-refractivity contribution is 5.84. The van der Waals surface area contributed by atoms with Gasteiger partial charge in [-0.05, 0) is 54.2 Å². The van der Waals surface area contributed by atoms with Gasteiger partial charge in [0, 0.05) is 0 Å². The van der Waals surface area contributed by atoms with E-state index in [0.29, 0.717) is 0 Å². The number of hydrogen-bond acceptors (Lipinski definition) is 1. The Labute approximate surface area is 95.7 Å². The fraction of sp³-hybridized carbons (Fsp3) is 0.333. The smallest absolute Gasteiger partial charge is 0.0871 e. The highest BCUT2D eigenvalue weighted by Crippen LogP contribution is 2.36. The van der Waals surface area contributed by atoms with Crippen LogP contribution in [0.15, 0.2) is 36.4 Å². The predicted octanol–water partition coefficient (Wildman–Crippen LogP) is 3.38. The standard InChI is InChI=1S/C15H16O/c1-15(16)8-4-7-13-9-11-5-2-3-6-12(11)10-14(13)15/h2-3,5-6,9-10,16H,4,7-8H2,1H3. The van der Waals surface area contributed by atoms with E-state index in [1.807, 2.05) is 13.0 Å². The first kappa shape index (κ1) is 9.86. The summed E-state index contributed by atoms with van der Waals surface area (Å²) in [5.74, 6) is 0. The third-order valence-corrected chi connectivity index (χ3v) is 3.66. The number of fused-ring (bicyclic) bond motifs is 2. The Balaban J connectivity index is 2.30. The number of rotatable bonds is 0. The molecule has 0 saturated carbocycles. The van der Waals surface area contributed by atoms with Crippen molar-refractivity contribution >= 4 is 10.8 Å². The van der Waals surface area contributed by atoms with Crippen molar-refractivity contribution in [2.75, 3.05) is 0 Å². The monoisotopic (exact) mass is 212 g/mol. The van der Waals surface area contributed by atoms with E-state index >= 15 is 0 Å². The zero-order valence-corrected chi connectivity index (χ0v) is 9.53. The first-order chi connectivity index (χ1) is 7.67. The molecule has 0 spiro atoms. The lowest BCUT2D eigenvalue weighted by molar-refractivity contribution is 0.0389. The summed E-state index contributed by atoms with van der Waals surface area (Å²) in [4.78, 5) is 0. The maximum Gasteiger partial charge on any atom is 0.0871 e. The molecule has 82 valence electrons. The van der Waals surface area contributed by atoms with Crippen LogP contribution in [0.5, 0.6) is 0 Å². The second-order valence-corrected chi connectivity index (χ2v) is 4.98. The maximum absolute atomic E-state index is 10.4. The molecule has 2 aromatic carbocycles. The molecular weight excluding hydrogens is 196 g/mol. The molecule has 1 atom stereocenters. The molecule has 0 heterocycles. The molecule has 0 fully saturated rings. The van der Waals surface area contributed by atoms with Crippen LogP contribution in [0, 0.1) is 0 Å². The van der Waals surface area contributed by atoms with Crippen LogP contribution in [0.2, 0.25) is 0 Å². The van der Waals surface area contributed by atoms with E-state index in [1.165, 1.54) is 16.3 Å². The fourth-order valence-electron chi connectivity index (χ4n) is 2.75. The Hall–Kier alpha value is -1.34. The van der Waals surface area contributed by atoms with E-state index in [1.54, 1.807) is 0 Å². The van der Waals surface area contributed by atoms with Crippen LogP contribution in [0.25, 0.3) is 10.8 Å². The average Bonchev–Trinajstić information content (AvgIpc) is 2.27. The molecule has 0 saturated heterocycles. The van der Waals surface area contributed by atoms with Gasteiger partial charge in [0.05, 0.1) is 5.60 Å². The molecule has 0 radical (unpaired) electrons. The highest BCUT2D eigenvalue weighted by atomic mass is 16.3. The van der Waals surface area contributed by atoms with Crippen molar-refractivity contribution in [3.63, 3.8) is 0 Å².